The molecule has 4 rings (SSSR count). The molecule has 0 aromatic heterocycles. The van der Waals surface area contributed by atoms with Crippen molar-refractivity contribution in [3.8, 4) is 0 Å². The van der Waals surface area contributed by atoms with E-state index in [1.165, 1.54) is 5.56 Å². The Hall–Kier alpha value is -3.19. The van der Waals surface area contributed by atoms with Gasteiger partial charge in [-0.2, -0.15) is 0 Å². The molecule has 1 aliphatic heterocycles. The maximum absolute atomic E-state index is 12.6. The third kappa shape index (κ3) is 7.15. The average molecular weight is 444 g/mol. The number of anilines is 2. The van der Waals surface area contributed by atoms with Crippen LogP contribution in [0, 0.1) is 0 Å². The molecular formula is C27H33N5O. The van der Waals surface area contributed by atoms with E-state index in [1.54, 1.807) is 0 Å². The normalized spacial score (nSPS) is 14.7. The number of nitrogens with zero attached hydrogens (tertiary/aromatic N) is 3. The van der Waals surface area contributed by atoms with Gasteiger partial charge >= 0.3 is 0 Å². The lowest BCUT2D eigenvalue weighted by Gasteiger charge is -2.34. The van der Waals surface area contributed by atoms with E-state index in [0.29, 0.717) is 0 Å². The van der Waals surface area contributed by atoms with E-state index in [1.807, 2.05) is 65.7 Å². The van der Waals surface area contributed by atoms with Crippen molar-refractivity contribution in [3.63, 3.8) is 0 Å². The van der Waals surface area contributed by atoms with Crippen LogP contribution in [0.1, 0.15) is 5.56 Å². The van der Waals surface area contributed by atoms with Gasteiger partial charge in [0.15, 0.2) is 0 Å². The number of carbonyl (C=O) groups excluding carboxylic acids is 1. The van der Waals surface area contributed by atoms with Crippen molar-refractivity contribution in [1.29, 1.82) is 0 Å². The Balaban J connectivity index is 1.17. The van der Waals surface area contributed by atoms with Crippen LogP contribution in [0.5, 0.6) is 0 Å². The lowest BCUT2D eigenvalue weighted by atomic mass is 10.2. The smallest absolute Gasteiger partial charge is 0.252 e. The zero-order chi connectivity index (χ0) is 22.7. The maximum Gasteiger partial charge on any atom is 0.252 e. The second-order valence-electron chi connectivity index (χ2n) is 8.32. The molecule has 0 radical (unpaired) electrons. The van der Waals surface area contributed by atoms with Crippen molar-refractivity contribution in [2.45, 2.75) is 6.54 Å². The molecule has 0 atom stereocenters. The van der Waals surface area contributed by atoms with Gasteiger partial charge in [-0.3, -0.25) is 25.0 Å². The molecule has 0 saturated carbocycles. The van der Waals surface area contributed by atoms with Gasteiger partial charge in [0, 0.05) is 45.8 Å². The highest BCUT2D eigenvalue weighted by atomic mass is 16.2. The Morgan fingerprint density at radius 1 is 0.727 bits per heavy atom. The third-order valence-electron chi connectivity index (χ3n) is 5.87. The van der Waals surface area contributed by atoms with E-state index in [9.17, 15) is 4.79 Å². The van der Waals surface area contributed by atoms with Gasteiger partial charge in [-0.25, -0.2) is 0 Å². The van der Waals surface area contributed by atoms with Crippen molar-refractivity contribution in [3.05, 3.63) is 96.6 Å². The summed E-state index contributed by atoms with van der Waals surface area (Å²) in [7, 11) is 0. The van der Waals surface area contributed by atoms with Gasteiger partial charge in [-0.05, 0) is 29.8 Å². The largest absolute Gasteiger partial charge is 0.307 e. The van der Waals surface area contributed by atoms with Crippen LogP contribution in [0.25, 0.3) is 0 Å². The van der Waals surface area contributed by atoms with Crippen molar-refractivity contribution in [2.24, 2.45) is 0 Å². The summed E-state index contributed by atoms with van der Waals surface area (Å²) in [6.45, 7) is 7.34. The summed E-state index contributed by atoms with van der Waals surface area (Å²) in [6, 6.07) is 30.4. The number of rotatable bonds is 10. The molecule has 0 bridgehead atoms. The van der Waals surface area contributed by atoms with Crippen molar-refractivity contribution >= 4 is 17.3 Å². The number of para-hydroxylation sites is 2. The highest BCUT2D eigenvalue weighted by Crippen LogP contribution is 2.22. The highest BCUT2D eigenvalue weighted by molar-refractivity contribution is 5.82. The van der Waals surface area contributed by atoms with Crippen LogP contribution < -0.4 is 15.8 Å². The molecule has 1 saturated heterocycles. The molecule has 0 spiro atoms. The second-order valence-corrected chi connectivity index (χ2v) is 8.32. The van der Waals surface area contributed by atoms with Gasteiger partial charge in [-0.15, -0.1) is 0 Å². The number of amides is 1. The molecule has 1 heterocycles. The molecule has 172 valence electrons. The van der Waals surface area contributed by atoms with Crippen LogP contribution in [0.4, 0.5) is 11.4 Å². The van der Waals surface area contributed by atoms with E-state index in [-0.39, 0.29) is 12.5 Å². The Morgan fingerprint density at radius 2 is 1.24 bits per heavy atom. The van der Waals surface area contributed by atoms with Gasteiger partial charge in [0.1, 0.15) is 0 Å². The van der Waals surface area contributed by atoms with E-state index in [2.05, 4.69) is 50.9 Å². The maximum atomic E-state index is 12.6. The Bertz CT molecular complexity index is 920. The Kier molecular flexibility index (Phi) is 8.47. The number of benzene rings is 3. The zero-order valence-electron chi connectivity index (χ0n) is 19.1. The number of hydrogen-bond acceptors (Lipinski definition) is 5. The minimum atomic E-state index is -0.0598. The lowest BCUT2D eigenvalue weighted by molar-refractivity contribution is -0.120. The lowest BCUT2D eigenvalue weighted by Crippen LogP contribution is -2.48. The van der Waals surface area contributed by atoms with E-state index in [0.717, 1.165) is 57.2 Å². The zero-order valence-corrected chi connectivity index (χ0v) is 19.1. The van der Waals surface area contributed by atoms with Crippen LogP contribution in [0.15, 0.2) is 91.0 Å². The molecule has 1 fully saturated rings. The molecule has 3 aromatic carbocycles. The van der Waals surface area contributed by atoms with Crippen LogP contribution in [-0.2, 0) is 11.3 Å². The molecule has 0 aliphatic carbocycles. The van der Waals surface area contributed by atoms with Gasteiger partial charge in [0.25, 0.3) is 5.91 Å². The summed E-state index contributed by atoms with van der Waals surface area (Å²) >= 11 is 0. The molecule has 1 amide bonds. The minimum absolute atomic E-state index is 0.0598. The number of carbonyl (C=O) groups is 1. The molecule has 2 N–H and O–H groups in total. The van der Waals surface area contributed by atoms with Gasteiger partial charge < -0.3 is 5.32 Å². The Morgan fingerprint density at radius 3 is 1.82 bits per heavy atom. The van der Waals surface area contributed by atoms with Gasteiger partial charge in [0.05, 0.1) is 17.9 Å². The fraction of sp³-hybridized carbons (Fsp3) is 0.296. The number of nitrogens with one attached hydrogen (secondary N) is 2. The van der Waals surface area contributed by atoms with Crippen LogP contribution >= 0.6 is 0 Å². The third-order valence-corrected chi connectivity index (χ3v) is 5.87. The van der Waals surface area contributed by atoms with Crippen LogP contribution in [-0.4, -0.2) is 61.5 Å². The van der Waals surface area contributed by atoms with E-state index < -0.39 is 0 Å². The van der Waals surface area contributed by atoms with Crippen LogP contribution in [0.3, 0.4) is 0 Å². The summed E-state index contributed by atoms with van der Waals surface area (Å²) in [6.07, 6.45) is 0. The Labute approximate surface area is 196 Å². The number of piperazine rings is 1. The molecular weight excluding hydrogens is 410 g/mol. The van der Waals surface area contributed by atoms with Crippen molar-refractivity contribution in [1.82, 2.24) is 20.5 Å². The van der Waals surface area contributed by atoms with Gasteiger partial charge in [0.2, 0.25) is 0 Å². The topological polar surface area (TPSA) is 50.9 Å². The quantitative estimate of drug-likeness (QED) is 0.372. The molecule has 6 heteroatoms. The first-order valence-corrected chi connectivity index (χ1v) is 11.7. The van der Waals surface area contributed by atoms with E-state index >= 15 is 0 Å². The summed E-state index contributed by atoms with van der Waals surface area (Å²) < 4.78 is 0. The second kappa shape index (κ2) is 12.2. The highest BCUT2D eigenvalue weighted by Gasteiger charge is 2.17. The standard InChI is InChI=1S/C27H33N5O/c33-27(29-32(25-12-6-2-7-13-25)26-14-8-3-9-15-26)22-28-16-17-30-18-20-31(21-19-30)23-24-10-4-1-5-11-24/h1-15,28H,16-23H2,(H,29,33). The fourth-order valence-corrected chi connectivity index (χ4v) is 4.05. The fourth-order valence-electron chi connectivity index (χ4n) is 4.05. The van der Waals surface area contributed by atoms with Gasteiger partial charge in [-0.1, -0.05) is 66.7 Å². The van der Waals surface area contributed by atoms with Crippen LogP contribution in [0.2, 0.25) is 0 Å². The number of hydrogen-bond donors (Lipinski definition) is 2. The first-order valence-electron chi connectivity index (χ1n) is 11.7. The summed E-state index contributed by atoms with van der Waals surface area (Å²) in [5.74, 6) is -0.0598. The average Bonchev–Trinajstić information content (AvgIpc) is 2.88. The molecule has 3 aromatic rings. The first-order chi connectivity index (χ1) is 16.3. The predicted octanol–water partition coefficient (Wildman–Crippen LogP) is 3.26. The molecule has 6 nitrogen and oxygen atoms in total. The SMILES string of the molecule is O=C(CNCCN1CCN(Cc2ccccc2)CC1)NN(c1ccccc1)c1ccccc1. The first kappa shape index (κ1) is 23.0. The summed E-state index contributed by atoms with van der Waals surface area (Å²) in [4.78, 5) is 17.6. The molecule has 0 unspecified atom stereocenters. The number of hydrazine groups is 1. The minimum Gasteiger partial charge on any atom is -0.307 e. The predicted molar refractivity (Wildman–Crippen MR) is 134 cm³/mol. The summed E-state index contributed by atoms with van der Waals surface area (Å²) in [5.41, 5.74) is 6.25. The summed E-state index contributed by atoms with van der Waals surface area (Å²) in [5, 5.41) is 5.13. The molecule has 1 aliphatic rings. The van der Waals surface area contributed by atoms with Crippen molar-refractivity contribution < 1.29 is 4.79 Å². The van der Waals surface area contributed by atoms with E-state index in [4.69, 9.17) is 0 Å². The monoisotopic (exact) mass is 443 g/mol. The van der Waals surface area contributed by atoms with Crippen molar-refractivity contribution in [2.75, 3.05) is 50.8 Å². The molecule has 33 heavy (non-hydrogen) atoms.